The van der Waals surface area contributed by atoms with Crippen molar-refractivity contribution in [2.45, 2.75) is 19.3 Å². The van der Waals surface area contributed by atoms with E-state index in [9.17, 15) is 4.79 Å². The minimum Gasteiger partial charge on any atom is -0.375 e. The van der Waals surface area contributed by atoms with Crippen LogP contribution >= 0.6 is 0 Å². The summed E-state index contributed by atoms with van der Waals surface area (Å²) in [5.74, 6) is 0.958. The smallest absolute Gasteiger partial charge is 0.231 e. The summed E-state index contributed by atoms with van der Waals surface area (Å²) in [5.41, 5.74) is 2.03. The minimum absolute atomic E-state index is 0.00772. The molecule has 0 bridgehead atoms. The molecule has 3 aromatic rings. The third-order valence-corrected chi connectivity index (χ3v) is 5.54. The largest absolute Gasteiger partial charge is 0.375 e. The maximum Gasteiger partial charge on any atom is 0.231 e. The number of piperidine rings is 1. The van der Waals surface area contributed by atoms with E-state index in [2.05, 4.69) is 44.5 Å². The molecule has 0 spiro atoms. The zero-order valence-electron chi connectivity index (χ0n) is 16.9. The van der Waals surface area contributed by atoms with Crippen molar-refractivity contribution in [3.8, 4) is 0 Å². The van der Waals surface area contributed by atoms with Crippen LogP contribution in [0, 0.1) is 5.92 Å². The molecule has 1 aliphatic rings. The van der Waals surface area contributed by atoms with Gasteiger partial charge in [-0.05, 0) is 43.5 Å². The molecule has 4 rings (SSSR count). The van der Waals surface area contributed by atoms with Gasteiger partial charge >= 0.3 is 0 Å². The number of carbonyl (C=O) groups is 1. The number of rotatable bonds is 7. The number of para-hydroxylation sites is 1. The van der Waals surface area contributed by atoms with Gasteiger partial charge in [0, 0.05) is 45.1 Å². The van der Waals surface area contributed by atoms with Crippen LogP contribution in [-0.2, 0) is 4.79 Å². The van der Waals surface area contributed by atoms with E-state index >= 15 is 0 Å². The first-order valence-electron chi connectivity index (χ1n) is 10.3. The molecule has 0 radical (unpaired) electrons. The number of nitrogens with zero attached hydrogens (tertiary/aromatic N) is 5. The van der Waals surface area contributed by atoms with Gasteiger partial charge in [-0.2, -0.15) is 0 Å². The van der Waals surface area contributed by atoms with Gasteiger partial charge in [-0.25, -0.2) is 0 Å². The highest BCUT2D eigenvalue weighted by Gasteiger charge is 2.27. The van der Waals surface area contributed by atoms with Gasteiger partial charge in [0.25, 0.3) is 0 Å². The van der Waals surface area contributed by atoms with Crippen molar-refractivity contribution in [2.24, 2.45) is 5.92 Å². The monoisotopic (exact) mass is 392 g/mol. The molecule has 7 heteroatoms. The highest BCUT2D eigenvalue weighted by atomic mass is 16.1. The normalized spacial score (nSPS) is 16.7. The van der Waals surface area contributed by atoms with Crippen molar-refractivity contribution in [3.05, 3.63) is 54.7 Å². The fourth-order valence-corrected chi connectivity index (χ4v) is 3.90. The second kappa shape index (κ2) is 8.94. The molecule has 1 unspecified atom stereocenters. The first-order valence-corrected chi connectivity index (χ1v) is 10.3. The Morgan fingerprint density at radius 2 is 2.00 bits per heavy atom. The van der Waals surface area contributed by atoms with E-state index in [0.717, 1.165) is 43.9 Å². The molecule has 1 aromatic carbocycles. The van der Waals surface area contributed by atoms with Crippen molar-refractivity contribution in [2.75, 3.05) is 43.0 Å². The van der Waals surface area contributed by atoms with Crippen molar-refractivity contribution in [3.63, 3.8) is 0 Å². The molecule has 0 saturated carbocycles. The van der Waals surface area contributed by atoms with Crippen LogP contribution < -0.4 is 15.1 Å². The Morgan fingerprint density at radius 1 is 1.17 bits per heavy atom. The zero-order chi connectivity index (χ0) is 20.1. The van der Waals surface area contributed by atoms with Crippen LogP contribution in [0.2, 0.25) is 0 Å². The van der Waals surface area contributed by atoms with Crippen LogP contribution in [0.3, 0.4) is 0 Å². The highest BCUT2D eigenvalue weighted by Crippen LogP contribution is 2.22. The van der Waals surface area contributed by atoms with Gasteiger partial charge in [0.15, 0.2) is 5.65 Å². The van der Waals surface area contributed by atoms with Gasteiger partial charge in [0.05, 0.1) is 5.92 Å². The number of carbonyl (C=O) groups excluding carboxylic acids is 1. The maximum absolute atomic E-state index is 12.7. The average molecular weight is 393 g/mol. The number of anilines is 2. The lowest BCUT2D eigenvalue weighted by Crippen LogP contribution is -2.44. The molecule has 1 aliphatic heterocycles. The van der Waals surface area contributed by atoms with E-state index in [1.54, 1.807) is 0 Å². The number of pyridine rings is 1. The Bertz CT molecular complexity index is 941. The van der Waals surface area contributed by atoms with E-state index in [1.807, 2.05) is 47.0 Å². The standard InChI is InChI=1S/C22H28N6O/c1-26(19-10-3-2-4-11-19)14-8-13-23-21(29)18-9-7-15-27(17-18)22-25-24-20-12-5-6-16-28(20)22/h2-6,10-12,16,18H,7-9,13-15,17H2,1H3,(H,23,29). The van der Waals surface area contributed by atoms with Crippen molar-refractivity contribution >= 4 is 23.2 Å². The Labute approximate surface area is 171 Å². The lowest BCUT2D eigenvalue weighted by Gasteiger charge is -2.32. The van der Waals surface area contributed by atoms with Gasteiger partial charge in [-0.3, -0.25) is 9.20 Å². The highest BCUT2D eigenvalue weighted by molar-refractivity contribution is 5.79. The fraction of sp³-hybridized carbons (Fsp3) is 0.409. The SMILES string of the molecule is CN(CCCNC(=O)C1CCCN(c2nnc3ccccn23)C1)c1ccccc1. The summed E-state index contributed by atoms with van der Waals surface area (Å²) in [5, 5.41) is 11.7. The fourth-order valence-electron chi connectivity index (χ4n) is 3.90. The van der Waals surface area contributed by atoms with Gasteiger partial charge in [0.2, 0.25) is 11.9 Å². The summed E-state index contributed by atoms with van der Waals surface area (Å²) >= 11 is 0. The second-order valence-electron chi connectivity index (χ2n) is 7.62. The van der Waals surface area contributed by atoms with Crippen LogP contribution in [0.1, 0.15) is 19.3 Å². The molecule has 152 valence electrons. The summed E-state index contributed by atoms with van der Waals surface area (Å²) in [6, 6.07) is 16.2. The van der Waals surface area contributed by atoms with Crippen molar-refractivity contribution in [1.82, 2.24) is 19.9 Å². The first kappa shape index (κ1) is 19.2. The number of nitrogens with one attached hydrogen (secondary N) is 1. The first-order chi connectivity index (χ1) is 14.2. The Morgan fingerprint density at radius 3 is 2.86 bits per heavy atom. The van der Waals surface area contributed by atoms with E-state index < -0.39 is 0 Å². The van der Waals surface area contributed by atoms with Gasteiger partial charge in [-0.1, -0.05) is 24.3 Å². The summed E-state index contributed by atoms with van der Waals surface area (Å²) < 4.78 is 1.99. The quantitative estimate of drug-likeness (QED) is 0.626. The Balaban J connectivity index is 1.27. The predicted octanol–water partition coefficient (Wildman–Crippen LogP) is 2.59. The Kier molecular flexibility index (Phi) is 5.93. The van der Waals surface area contributed by atoms with Crippen LogP contribution in [0.4, 0.5) is 11.6 Å². The molecular weight excluding hydrogens is 364 g/mol. The van der Waals surface area contributed by atoms with Gasteiger partial charge in [-0.15, -0.1) is 10.2 Å². The Hall–Kier alpha value is -3.09. The lowest BCUT2D eigenvalue weighted by atomic mass is 9.97. The van der Waals surface area contributed by atoms with Gasteiger partial charge in [0.1, 0.15) is 0 Å². The van der Waals surface area contributed by atoms with E-state index in [4.69, 9.17) is 0 Å². The maximum atomic E-state index is 12.7. The van der Waals surface area contributed by atoms with Gasteiger partial charge < -0.3 is 15.1 Å². The summed E-state index contributed by atoms with van der Waals surface area (Å²) in [6.07, 6.45) is 4.79. The lowest BCUT2D eigenvalue weighted by molar-refractivity contribution is -0.125. The molecule has 1 N–H and O–H groups in total. The van der Waals surface area contributed by atoms with Crippen LogP contribution in [0.15, 0.2) is 54.7 Å². The summed E-state index contributed by atoms with van der Waals surface area (Å²) in [4.78, 5) is 17.1. The number of amides is 1. The second-order valence-corrected chi connectivity index (χ2v) is 7.62. The number of hydrogen-bond acceptors (Lipinski definition) is 5. The van der Waals surface area contributed by atoms with Crippen molar-refractivity contribution < 1.29 is 4.79 Å². The summed E-state index contributed by atoms with van der Waals surface area (Å²) in [7, 11) is 2.08. The van der Waals surface area contributed by atoms with E-state index in [-0.39, 0.29) is 11.8 Å². The molecular formula is C22H28N6O. The van der Waals surface area contributed by atoms with E-state index in [0.29, 0.717) is 13.1 Å². The predicted molar refractivity (Wildman–Crippen MR) is 115 cm³/mol. The summed E-state index contributed by atoms with van der Waals surface area (Å²) in [6.45, 7) is 3.19. The molecule has 0 aliphatic carbocycles. The third kappa shape index (κ3) is 4.50. The molecule has 1 fully saturated rings. The minimum atomic E-state index is -0.00772. The number of hydrogen-bond donors (Lipinski definition) is 1. The topological polar surface area (TPSA) is 65.8 Å². The van der Waals surface area contributed by atoms with Crippen LogP contribution in [0.25, 0.3) is 5.65 Å². The van der Waals surface area contributed by atoms with Crippen LogP contribution in [0.5, 0.6) is 0 Å². The third-order valence-electron chi connectivity index (χ3n) is 5.54. The molecule has 1 saturated heterocycles. The number of fused-ring (bicyclic) bond motifs is 1. The molecule has 1 atom stereocenters. The van der Waals surface area contributed by atoms with Crippen molar-refractivity contribution in [1.29, 1.82) is 0 Å². The molecule has 1 amide bonds. The molecule has 7 nitrogen and oxygen atoms in total. The molecule has 29 heavy (non-hydrogen) atoms. The average Bonchev–Trinajstić information content (AvgIpc) is 3.21. The van der Waals surface area contributed by atoms with Crippen LogP contribution in [-0.4, -0.2) is 53.7 Å². The molecule has 3 heterocycles. The number of benzene rings is 1. The number of aromatic nitrogens is 3. The van der Waals surface area contributed by atoms with E-state index in [1.165, 1.54) is 5.69 Å². The zero-order valence-corrected chi connectivity index (χ0v) is 16.9. The molecule has 2 aromatic heterocycles.